The molecule has 1 aromatic rings. The van der Waals surface area contributed by atoms with Crippen LogP contribution in [0.1, 0.15) is 12.0 Å². The Morgan fingerprint density at radius 3 is 2.64 bits per heavy atom. The van der Waals surface area contributed by atoms with Crippen LogP contribution in [-0.4, -0.2) is 62.9 Å². The molecule has 1 atom stereocenters. The van der Waals surface area contributed by atoms with Gasteiger partial charge in [0.15, 0.2) is 0 Å². The molecule has 0 saturated carbocycles. The van der Waals surface area contributed by atoms with Crippen molar-refractivity contribution in [3.05, 3.63) is 29.6 Å². The topological polar surface area (TPSA) is 52.7 Å². The first kappa shape index (κ1) is 15.9. The Kier molecular flexibility index (Phi) is 4.49. The van der Waals surface area contributed by atoms with E-state index in [0.717, 1.165) is 32.6 Å². The van der Waals surface area contributed by atoms with E-state index in [9.17, 15) is 12.8 Å². The van der Waals surface area contributed by atoms with Gasteiger partial charge in [-0.1, -0.05) is 0 Å². The quantitative estimate of drug-likeness (QED) is 0.892. The Balaban J connectivity index is 1.76. The van der Waals surface area contributed by atoms with Gasteiger partial charge in [-0.05, 0) is 37.1 Å². The summed E-state index contributed by atoms with van der Waals surface area (Å²) in [6, 6.07) is 4.15. The summed E-state index contributed by atoms with van der Waals surface area (Å²) in [5.41, 5.74) is 0.464. The van der Waals surface area contributed by atoms with Crippen LogP contribution in [0.25, 0.3) is 0 Å². The summed E-state index contributed by atoms with van der Waals surface area (Å²) >= 11 is 0. The summed E-state index contributed by atoms with van der Waals surface area (Å²) in [5.74, 6) is -0.406. The molecule has 7 heteroatoms. The first-order chi connectivity index (χ1) is 10.5. The molecule has 0 bridgehead atoms. The zero-order chi connectivity index (χ0) is 15.7. The van der Waals surface area contributed by atoms with Crippen LogP contribution in [0.5, 0.6) is 0 Å². The average Bonchev–Trinajstić information content (AvgIpc) is 2.98. The fraction of sp³-hybridized carbons (Fsp3) is 0.600. The molecule has 0 aromatic heterocycles. The molecule has 0 spiro atoms. The molecular weight excluding hydrogens is 305 g/mol. The highest BCUT2D eigenvalue weighted by atomic mass is 32.2. The van der Waals surface area contributed by atoms with Crippen LogP contribution in [0, 0.1) is 12.7 Å². The van der Waals surface area contributed by atoms with Crippen molar-refractivity contribution in [1.29, 1.82) is 0 Å². The van der Waals surface area contributed by atoms with Crippen LogP contribution in [0.3, 0.4) is 0 Å². The molecule has 0 radical (unpaired) electrons. The minimum atomic E-state index is -3.53. The number of nitrogens with one attached hydrogen (secondary N) is 1. The maximum Gasteiger partial charge on any atom is 0.243 e. The third kappa shape index (κ3) is 3.03. The Morgan fingerprint density at radius 2 is 1.95 bits per heavy atom. The normalized spacial score (nSPS) is 24.7. The predicted octanol–water partition coefficient (Wildman–Crippen LogP) is 0.802. The lowest BCUT2D eigenvalue weighted by molar-refractivity contribution is 0.179. The molecule has 0 aliphatic carbocycles. The van der Waals surface area contributed by atoms with Gasteiger partial charge in [0.2, 0.25) is 10.0 Å². The van der Waals surface area contributed by atoms with Gasteiger partial charge in [0, 0.05) is 45.3 Å². The lowest BCUT2D eigenvalue weighted by Crippen LogP contribution is -2.49. The van der Waals surface area contributed by atoms with Gasteiger partial charge in [-0.3, -0.25) is 4.90 Å². The zero-order valence-corrected chi connectivity index (χ0v) is 13.6. The van der Waals surface area contributed by atoms with Crippen LogP contribution in [0.2, 0.25) is 0 Å². The van der Waals surface area contributed by atoms with Crippen molar-refractivity contribution in [3.63, 3.8) is 0 Å². The van der Waals surface area contributed by atoms with Crippen molar-refractivity contribution < 1.29 is 12.8 Å². The SMILES string of the molecule is Cc1cc(F)ccc1S(=O)(=O)N1CCC(N2CCNCC2)C1. The molecular formula is C15H22FN3O2S. The molecule has 5 nitrogen and oxygen atoms in total. The van der Waals surface area contributed by atoms with Crippen molar-refractivity contribution in [3.8, 4) is 0 Å². The molecule has 2 saturated heterocycles. The van der Waals surface area contributed by atoms with Crippen LogP contribution in [-0.2, 0) is 10.0 Å². The second-order valence-electron chi connectivity index (χ2n) is 6.00. The van der Waals surface area contributed by atoms with Crippen LogP contribution in [0.15, 0.2) is 23.1 Å². The molecule has 122 valence electrons. The van der Waals surface area contributed by atoms with Gasteiger partial charge in [0.1, 0.15) is 5.82 Å². The first-order valence-corrected chi connectivity index (χ1v) is 9.13. The first-order valence-electron chi connectivity index (χ1n) is 7.69. The standard InChI is InChI=1S/C15H22FN3O2S/c1-12-10-13(16)2-3-15(12)22(20,21)19-7-4-14(11-19)18-8-5-17-6-9-18/h2-3,10,14,17H,4-9,11H2,1H3. The van der Waals surface area contributed by atoms with E-state index < -0.39 is 15.8 Å². The van der Waals surface area contributed by atoms with Crippen LogP contribution < -0.4 is 5.32 Å². The second kappa shape index (κ2) is 6.23. The summed E-state index contributed by atoms with van der Waals surface area (Å²) in [7, 11) is -3.53. The largest absolute Gasteiger partial charge is 0.314 e. The number of aryl methyl sites for hydroxylation is 1. The molecule has 2 aliphatic heterocycles. The third-order valence-corrected chi connectivity index (χ3v) is 6.57. The van der Waals surface area contributed by atoms with Gasteiger partial charge in [0.25, 0.3) is 0 Å². The number of rotatable bonds is 3. The van der Waals surface area contributed by atoms with E-state index in [-0.39, 0.29) is 10.9 Å². The van der Waals surface area contributed by atoms with Gasteiger partial charge in [0.05, 0.1) is 4.90 Å². The molecule has 0 amide bonds. The summed E-state index contributed by atoms with van der Waals surface area (Å²) in [5, 5.41) is 3.31. The number of nitrogens with zero attached hydrogens (tertiary/aromatic N) is 2. The molecule has 2 aliphatic rings. The van der Waals surface area contributed by atoms with Crippen LogP contribution in [0.4, 0.5) is 4.39 Å². The minimum Gasteiger partial charge on any atom is -0.314 e. The molecule has 1 N–H and O–H groups in total. The number of halogens is 1. The third-order valence-electron chi connectivity index (χ3n) is 4.55. The lowest BCUT2D eigenvalue weighted by atomic mass is 10.2. The molecule has 3 rings (SSSR count). The Bertz CT molecular complexity index is 644. The highest BCUT2D eigenvalue weighted by Crippen LogP contribution is 2.26. The monoisotopic (exact) mass is 327 g/mol. The Hall–Kier alpha value is -1.02. The molecule has 2 heterocycles. The van der Waals surface area contributed by atoms with E-state index >= 15 is 0 Å². The van der Waals surface area contributed by atoms with E-state index in [4.69, 9.17) is 0 Å². The maximum absolute atomic E-state index is 13.2. The fourth-order valence-corrected chi connectivity index (χ4v) is 5.01. The van der Waals surface area contributed by atoms with Crippen molar-refractivity contribution in [2.24, 2.45) is 0 Å². The van der Waals surface area contributed by atoms with Crippen LogP contribution >= 0.6 is 0 Å². The number of sulfonamides is 1. The van der Waals surface area contributed by atoms with Crippen molar-refractivity contribution in [1.82, 2.24) is 14.5 Å². The number of hydrogen-bond acceptors (Lipinski definition) is 4. The van der Waals surface area contributed by atoms with Gasteiger partial charge in [-0.2, -0.15) is 4.31 Å². The Labute approximate surface area is 131 Å². The van der Waals surface area contributed by atoms with Gasteiger partial charge >= 0.3 is 0 Å². The molecule has 1 aromatic carbocycles. The average molecular weight is 327 g/mol. The minimum absolute atomic E-state index is 0.217. The Morgan fingerprint density at radius 1 is 1.23 bits per heavy atom. The van der Waals surface area contributed by atoms with E-state index in [1.807, 2.05) is 0 Å². The summed E-state index contributed by atoms with van der Waals surface area (Å²) in [4.78, 5) is 2.58. The fourth-order valence-electron chi connectivity index (χ4n) is 3.32. The highest BCUT2D eigenvalue weighted by molar-refractivity contribution is 7.89. The summed E-state index contributed by atoms with van der Waals surface area (Å²) < 4.78 is 40.3. The number of benzene rings is 1. The van der Waals surface area contributed by atoms with E-state index in [2.05, 4.69) is 10.2 Å². The maximum atomic E-state index is 13.2. The summed E-state index contributed by atoms with van der Waals surface area (Å²) in [6.07, 6.45) is 0.861. The predicted molar refractivity (Wildman–Crippen MR) is 82.7 cm³/mol. The van der Waals surface area contributed by atoms with Gasteiger partial charge in [-0.15, -0.1) is 0 Å². The molecule has 1 unspecified atom stereocenters. The number of hydrogen-bond donors (Lipinski definition) is 1. The smallest absolute Gasteiger partial charge is 0.243 e. The number of piperazine rings is 1. The van der Waals surface area contributed by atoms with Gasteiger partial charge < -0.3 is 5.32 Å². The van der Waals surface area contributed by atoms with E-state index in [1.165, 1.54) is 18.2 Å². The lowest BCUT2D eigenvalue weighted by Gasteiger charge is -2.32. The van der Waals surface area contributed by atoms with E-state index in [0.29, 0.717) is 18.7 Å². The van der Waals surface area contributed by atoms with Gasteiger partial charge in [-0.25, -0.2) is 12.8 Å². The van der Waals surface area contributed by atoms with E-state index in [1.54, 1.807) is 11.2 Å². The summed E-state index contributed by atoms with van der Waals surface area (Å²) in [6.45, 7) is 6.55. The van der Waals surface area contributed by atoms with Crippen molar-refractivity contribution in [2.75, 3.05) is 39.3 Å². The molecule has 2 fully saturated rings. The highest BCUT2D eigenvalue weighted by Gasteiger charge is 2.36. The zero-order valence-electron chi connectivity index (χ0n) is 12.8. The molecule has 22 heavy (non-hydrogen) atoms. The second-order valence-corrected chi connectivity index (χ2v) is 7.91. The van der Waals surface area contributed by atoms with Crippen molar-refractivity contribution >= 4 is 10.0 Å². The van der Waals surface area contributed by atoms with Crippen molar-refractivity contribution in [2.45, 2.75) is 24.3 Å².